The number of esters is 2. The van der Waals surface area contributed by atoms with Crippen LogP contribution in [0.4, 0.5) is 0 Å². The fourth-order valence-corrected chi connectivity index (χ4v) is 8.11. The van der Waals surface area contributed by atoms with Gasteiger partial charge in [0.15, 0.2) is 0 Å². The fraction of sp³-hybridized carbons (Fsp3) is 0.590. The summed E-state index contributed by atoms with van der Waals surface area (Å²) in [7, 11) is 2.84. The van der Waals surface area contributed by atoms with Crippen LogP contribution in [0.15, 0.2) is 48.5 Å². The van der Waals surface area contributed by atoms with Gasteiger partial charge in [-0.25, -0.2) is 9.59 Å². The van der Waals surface area contributed by atoms with E-state index in [2.05, 4.69) is 48.7 Å². The zero-order valence-corrected chi connectivity index (χ0v) is 36.6. The first kappa shape index (κ1) is 43.7. The van der Waals surface area contributed by atoms with Crippen LogP contribution in [0.5, 0.6) is 0 Å². The van der Waals surface area contributed by atoms with Gasteiger partial charge in [-0.1, -0.05) is 130 Å². The largest absolute Gasteiger partial charge is 0.677 e. The van der Waals surface area contributed by atoms with Gasteiger partial charge in [0.1, 0.15) is 12.1 Å². The maximum Gasteiger partial charge on any atom is 0.328 e. The number of aryl methyl sites for hydroxylation is 2. The van der Waals surface area contributed by atoms with E-state index in [0.29, 0.717) is 19.4 Å². The van der Waals surface area contributed by atoms with Crippen LogP contribution in [0, 0.1) is 68.7 Å². The van der Waals surface area contributed by atoms with Crippen LogP contribution in [0.2, 0.25) is 0 Å². The van der Waals surface area contributed by atoms with Crippen LogP contribution < -0.4 is 10.6 Å². The SMILES string of the molecule is CCCC1(C(=S)NC(Cc2ccc(C)cc2)C(=O)OC)CCCC1.COC(=O)C(Cc1ccc(C)cc1)NC(=S)C1(CC[NH-])CCCC1.[Ac]. The predicted octanol–water partition coefficient (Wildman–Crippen LogP) is 8.36. The van der Waals surface area contributed by atoms with Gasteiger partial charge in [-0.15, -0.1) is 0 Å². The van der Waals surface area contributed by atoms with Crippen LogP contribution in [0.3, 0.4) is 0 Å². The Morgan fingerprint density at radius 1 is 0.714 bits per heavy atom. The van der Waals surface area contributed by atoms with E-state index in [4.69, 9.17) is 39.6 Å². The van der Waals surface area contributed by atoms with E-state index < -0.39 is 12.1 Å². The van der Waals surface area contributed by atoms with Crippen LogP contribution >= 0.6 is 24.4 Å². The first-order valence-corrected chi connectivity index (χ1v) is 18.4. The minimum Gasteiger partial charge on any atom is -0.677 e. The number of hydrogen-bond acceptors (Lipinski definition) is 6. The number of methoxy groups -OCH3 is 2. The third-order valence-corrected chi connectivity index (χ3v) is 11.2. The van der Waals surface area contributed by atoms with Crippen molar-refractivity contribution < 1.29 is 63.1 Å². The van der Waals surface area contributed by atoms with E-state index in [0.717, 1.165) is 78.9 Å². The van der Waals surface area contributed by atoms with Crippen LogP contribution in [0.25, 0.3) is 5.73 Å². The summed E-state index contributed by atoms with van der Waals surface area (Å²) < 4.78 is 9.97. The van der Waals surface area contributed by atoms with Gasteiger partial charge >= 0.3 is 11.9 Å². The maximum atomic E-state index is 12.3. The Kier molecular flexibility index (Phi) is 19.5. The summed E-state index contributed by atoms with van der Waals surface area (Å²) in [4.78, 5) is 26.0. The van der Waals surface area contributed by atoms with E-state index in [-0.39, 0.29) is 66.8 Å². The second-order valence-corrected chi connectivity index (χ2v) is 14.5. The number of carbonyl (C=O) groups excluding carboxylic acids is 2. The number of rotatable bonds is 14. The monoisotopic (exact) mass is 921 g/mol. The molecule has 0 aromatic heterocycles. The van der Waals surface area contributed by atoms with Crippen molar-refractivity contribution >= 4 is 46.4 Å². The normalized spacial score (nSPS) is 16.9. The second-order valence-electron chi connectivity index (χ2n) is 13.7. The fourth-order valence-electron chi connectivity index (χ4n) is 7.22. The van der Waals surface area contributed by atoms with Gasteiger partial charge in [0, 0.05) is 67.7 Å². The maximum absolute atomic E-state index is 12.3. The number of carbonyl (C=O) groups is 2. The molecule has 49 heavy (non-hydrogen) atoms. The summed E-state index contributed by atoms with van der Waals surface area (Å²) in [5.74, 6) is -0.542. The molecule has 0 heterocycles. The smallest absolute Gasteiger partial charge is 0.328 e. The molecule has 267 valence electrons. The molecule has 0 amide bonds. The number of nitrogens with one attached hydrogen (secondary N) is 3. The summed E-state index contributed by atoms with van der Waals surface area (Å²) in [6, 6.07) is 15.5. The van der Waals surface area contributed by atoms with Crippen molar-refractivity contribution in [1.29, 1.82) is 0 Å². The molecule has 0 aliphatic heterocycles. The standard InChI is InChI=1S/C20H29NO2S.C19H27N2O2S.Ac/c1-4-11-20(12-5-6-13-20)19(24)21-17(18(22)23-3)14-16-9-7-15(2)8-10-16;1-14-5-7-15(8-6-14)13-16(17(22)23-2)21-18(24)19(11-12-20)9-3-4-10-19;/h7-10,17H,4-6,11-14H2,1-3H3,(H,21,24);5-8,16,20H,3-4,9-13H2,1-2H3,(H,21,24);/q;-1;. The van der Waals surface area contributed by atoms with E-state index in [1.165, 1.54) is 38.2 Å². The summed E-state index contributed by atoms with van der Waals surface area (Å²) >= 11 is 11.4. The molecule has 0 bridgehead atoms. The molecule has 2 fully saturated rings. The van der Waals surface area contributed by atoms with Gasteiger partial charge in [0.05, 0.1) is 24.2 Å². The van der Waals surface area contributed by atoms with Crippen LogP contribution in [-0.4, -0.2) is 54.8 Å². The molecular weight excluding hydrogens is 866 g/mol. The first-order valence-electron chi connectivity index (χ1n) is 17.5. The molecule has 2 unspecified atom stereocenters. The Morgan fingerprint density at radius 3 is 1.37 bits per heavy atom. The van der Waals surface area contributed by atoms with Crippen molar-refractivity contribution in [1.82, 2.24) is 10.6 Å². The van der Waals surface area contributed by atoms with Gasteiger partial charge in [-0.3, -0.25) is 0 Å². The molecule has 4 rings (SSSR count). The Balaban J connectivity index is 0.000000333. The van der Waals surface area contributed by atoms with Gasteiger partial charge in [-0.2, -0.15) is 6.54 Å². The van der Waals surface area contributed by atoms with Crippen molar-refractivity contribution in [3.8, 4) is 0 Å². The van der Waals surface area contributed by atoms with Crippen molar-refractivity contribution in [2.24, 2.45) is 10.8 Å². The molecule has 7 nitrogen and oxygen atoms in total. The van der Waals surface area contributed by atoms with Gasteiger partial charge in [0.2, 0.25) is 0 Å². The average Bonchev–Trinajstić information content (AvgIpc) is 3.77. The summed E-state index contributed by atoms with van der Waals surface area (Å²) in [6.45, 7) is 6.67. The number of ether oxygens (including phenoxy) is 2. The van der Waals surface area contributed by atoms with Crippen molar-refractivity contribution in [3.05, 3.63) is 76.5 Å². The molecule has 2 aliphatic carbocycles. The van der Waals surface area contributed by atoms with E-state index >= 15 is 0 Å². The first-order chi connectivity index (χ1) is 23.0. The van der Waals surface area contributed by atoms with Crippen molar-refractivity contribution in [2.75, 3.05) is 20.8 Å². The topological polar surface area (TPSA) is 100 Å². The molecule has 2 saturated carbocycles. The molecule has 0 spiro atoms. The van der Waals surface area contributed by atoms with E-state index in [9.17, 15) is 9.59 Å². The zero-order valence-electron chi connectivity index (χ0n) is 30.2. The average molecular weight is 922 g/mol. The third-order valence-electron chi connectivity index (χ3n) is 10.1. The Hall–Kier alpha value is -1.44. The molecular formula is C39H56AcN3O4S2-. The quantitative estimate of drug-likeness (QED) is 0.144. The predicted molar refractivity (Wildman–Crippen MR) is 203 cm³/mol. The number of thiocarbonyl (C=S) groups is 2. The van der Waals surface area contributed by atoms with E-state index in [1.54, 1.807) is 0 Å². The van der Waals surface area contributed by atoms with Gasteiger partial charge < -0.3 is 25.8 Å². The molecule has 2 atom stereocenters. The number of benzene rings is 2. The minimum atomic E-state index is -0.478. The Labute approximate surface area is 341 Å². The molecule has 2 aliphatic rings. The van der Waals surface area contributed by atoms with Gasteiger partial charge in [-0.05, 0) is 57.1 Å². The molecule has 1 radical (unpaired) electrons. The number of hydrogen-bond donors (Lipinski definition) is 2. The Bertz CT molecular complexity index is 1240. The van der Waals surface area contributed by atoms with Crippen LogP contribution in [-0.2, 0) is 31.9 Å². The second kappa shape index (κ2) is 21.8. The minimum absolute atomic E-state index is 0. The summed E-state index contributed by atoms with van der Waals surface area (Å²) in [5, 5.41) is 6.63. The van der Waals surface area contributed by atoms with Gasteiger partial charge in [0.25, 0.3) is 0 Å². The summed E-state index contributed by atoms with van der Waals surface area (Å²) in [6.07, 6.45) is 13.1. The molecule has 0 saturated heterocycles. The molecule has 2 aromatic rings. The summed E-state index contributed by atoms with van der Waals surface area (Å²) in [5.41, 5.74) is 12.2. The molecule has 10 heteroatoms. The molecule has 2 aromatic carbocycles. The Morgan fingerprint density at radius 2 is 1.06 bits per heavy atom. The zero-order chi connectivity index (χ0) is 35.2. The molecule has 3 N–H and O–H groups in total. The van der Waals surface area contributed by atoms with Crippen molar-refractivity contribution in [3.63, 3.8) is 0 Å². The third kappa shape index (κ3) is 12.9. The van der Waals surface area contributed by atoms with Crippen LogP contribution in [0.1, 0.15) is 99.8 Å². The van der Waals surface area contributed by atoms with E-state index in [1.807, 2.05) is 31.2 Å². The van der Waals surface area contributed by atoms with Crippen molar-refractivity contribution in [2.45, 2.75) is 116 Å².